The number of fused-ring (bicyclic) bond motifs is 1. The molecule has 3 rings (SSSR count). The van der Waals surface area contributed by atoms with Crippen molar-refractivity contribution in [3.63, 3.8) is 0 Å². The normalized spacial score (nSPS) is 12.5. The zero-order valence-electron chi connectivity index (χ0n) is 19.1. The van der Waals surface area contributed by atoms with Crippen LogP contribution in [0, 0.1) is 12.7 Å². The molecule has 182 valence electrons. The van der Waals surface area contributed by atoms with Gasteiger partial charge >= 0.3 is 0 Å². The summed E-state index contributed by atoms with van der Waals surface area (Å²) in [6.45, 7) is 4.99. The van der Waals surface area contributed by atoms with Crippen molar-refractivity contribution in [1.29, 1.82) is 0 Å². The second-order valence-corrected chi connectivity index (χ2v) is 11.9. The van der Waals surface area contributed by atoms with Gasteiger partial charge in [0, 0.05) is 6.20 Å². The summed E-state index contributed by atoms with van der Waals surface area (Å²) in [5.74, 6) is -1.98. The SMILES string of the molecule is CCCS(=O)(=O)c1c(S(=O)(=O)CCC)c2c(C)cccn2c1C(=O)N/N=C/c1cccc(F)c1. The average molecular weight is 508 g/mol. The number of nitrogens with one attached hydrogen (secondary N) is 1. The second-order valence-electron chi connectivity index (χ2n) is 7.81. The van der Waals surface area contributed by atoms with E-state index in [2.05, 4.69) is 10.5 Å². The van der Waals surface area contributed by atoms with E-state index in [-0.39, 0.29) is 40.5 Å². The molecule has 0 saturated heterocycles. The van der Waals surface area contributed by atoms with Crippen LogP contribution in [0.15, 0.2) is 57.5 Å². The van der Waals surface area contributed by atoms with E-state index in [1.165, 1.54) is 35.0 Å². The van der Waals surface area contributed by atoms with Crippen LogP contribution in [-0.2, 0) is 19.7 Å². The number of hydrazone groups is 1. The minimum atomic E-state index is -4.14. The third-order valence-corrected chi connectivity index (χ3v) is 9.14. The van der Waals surface area contributed by atoms with Crippen molar-refractivity contribution in [1.82, 2.24) is 9.83 Å². The van der Waals surface area contributed by atoms with Gasteiger partial charge in [0.2, 0.25) is 0 Å². The van der Waals surface area contributed by atoms with Crippen LogP contribution in [0.2, 0.25) is 0 Å². The fourth-order valence-electron chi connectivity index (χ4n) is 3.75. The number of aryl methyl sites for hydroxylation is 1. The smallest absolute Gasteiger partial charge is 0.289 e. The fourth-order valence-corrected chi connectivity index (χ4v) is 7.80. The maximum absolute atomic E-state index is 13.4. The van der Waals surface area contributed by atoms with E-state index in [1.807, 2.05) is 0 Å². The topological polar surface area (TPSA) is 114 Å². The van der Waals surface area contributed by atoms with Gasteiger partial charge in [-0.05, 0) is 49.1 Å². The standard InChI is InChI=1S/C23H26FN3O5S2/c1-4-12-33(29,30)21-19-16(3)8-7-11-27(19)20(22(21)34(31,32)13-5-2)23(28)26-25-15-17-9-6-10-18(24)14-17/h6-11,14-15H,4-5,12-13H2,1-3H3,(H,26,28)/b25-15+. The van der Waals surface area contributed by atoms with Gasteiger partial charge in [-0.15, -0.1) is 0 Å². The molecular formula is C23H26FN3O5S2. The summed E-state index contributed by atoms with van der Waals surface area (Å²) in [5.41, 5.74) is 2.95. The lowest BCUT2D eigenvalue weighted by Gasteiger charge is -2.09. The number of hydrogen-bond donors (Lipinski definition) is 1. The van der Waals surface area contributed by atoms with Gasteiger partial charge in [-0.1, -0.05) is 32.0 Å². The molecule has 0 fully saturated rings. The molecule has 11 heteroatoms. The first-order chi connectivity index (χ1) is 16.0. The van der Waals surface area contributed by atoms with E-state index >= 15 is 0 Å². The van der Waals surface area contributed by atoms with Gasteiger partial charge in [-0.25, -0.2) is 26.7 Å². The fraction of sp³-hybridized carbons (Fsp3) is 0.304. The molecule has 1 aromatic carbocycles. The first-order valence-corrected chi connectivity index (χ1v) is 14.0. The predicted molar refractivity (Wildman–Crippen MR) is 128 cm³/mol. The molecule has 1 N–H and O–H groups in total. The van der Waals surface area contributed by atoms with Crippen molar-refractivity contribution in [2.24, 2.45) is 5.10 Å². The minimum absolute atomic E-state index is 0.143. The van der Waals surface area contributed by atoms with Gasteiger partial charge in [0.15, 0.2) is 19.7 Å². The Morgan fingerprint density at radius 3 is 2.29 bits per heavy atom. The Kier molecular flexibility index (Phi) is 7.57. The molecule has 0 unspecified atom stereocenters. The van der Waals surface area contributed by atoms with E-state index in [1.54, 1.807) is 39.0 Å². The Balaban J connectivity index is 2.26. The first kappa shape index (κ1) is 25.6. The highest BCUT2D eigenvalue weighted by molar-refractivity contribution is 7.94. The van der Waals surface area contributed by atoms with Crippen LogP contribution in [0.5, 0.6) is 0 Å². The van der Waals surface area contributed by atoms with E-state index < -0.39 is 36.3 Å². The second kappa shape index (κ2) is 10.1. The Labute approximate surface area is 198 Å². The summed E-state index contributed by atoms with van der Waals surface area (Å²) in [6, 6.07) is 8.76. The third-order valence-electron chi connectivity index (χ3n) is 5.08. The maximum atomic E-state index is 13.4. The minimum Gasteiger partial charge on any atom is -0.310 e. The highest BCUT2D eigenvalue weighted by Gasteiger charge is 2.37. The quantitative estimate of drug-likeness (QED) is 0.352. The summed E-state index contributed by atoms with van der Waals surface area (Å²) in [6.07, 6.45) is 3.16. The van der Waals surface area contributed by atoms with Gasteiger partial charge in [0.05, 0.1) is 23.2 Å². The third kappa shape index (κ3) is 5.05. The molecule has 2 heterocycles. The largest absolute Gasteiger partial charge is 0.310 e. The van der Waals surface area contributed by atoms with Crippen LogP contribution >= 0.6 is 0 Å². The van der Waals surface area contributed by atoms with Gasteiger partial charge in [0.25, 0.3) is 5.91 Å². The number of sulfone groups is 2. The number of rotatable bonds is 9. The van der Waals surface area contributed by atoms with E-state index in [0.29, 0.717) is 11.1 Å². The zero-order chi connectivity index (χ0) is 25.1. The maximum Gasteiger partial charge on any atom is 0.289 e. The van der Waals surface area contributed by atoms with Crippen LogP contribution < -0.4 is 5.43 Å². The highest BCUT2D eigenvalue weighted by Crippen LogP contribution is 2.35. The molecule has 0 aliphatic carbocycles. The molecule has 8 nitrogen and oxygen atoms in total. The van der Waals surface area contributed by atoms with E-state index in [0.717, 1.165) is 0 Å². The molecular weight excluding hydrogens is 481 g/mol. The number of aromatic nitrogens is 1. The van der Waals surface area contributed by atoms with Gasteiger partial charge in [0.1, 0.15) is 21.3 Å². The van der Waals surface area contributed by atoms with Crippen molar-refractivity contribution < 1.29 is 26.0 Å². The number of halogens is 1. The number of benzene rings is 1. The Hall–Kier alpha value is -3.05. The average Bonchev–Trinajstić information content (AvgIpc) is 3.12. The van der Waals surface area contributed by atoms with Gasteiger partial charge < -0.3 is 4.40 Å². The summed E-state index contributed by atoms with van der Waals surface area (Å²) < 4.78 is 67.8. The van der Waals surface area contributed by atoms with Crippen molar-refractivity contribution in [3.05, 3.63) is 65.2 Å². The van der Waals surface area contributed by atoms with Crippen LogP contribution in [0.25, 0.3) is 5.52 Å². The molecule has 0 aliphatic rings. The molecule has 0 spiro atoms. The molecule has 0 atom stereocenters. The number of carbonyl (C=O) groups excluding carboxylic acids is 1. The number of nitrogens with zero attached hydrogens (tertiary/aromatic N) is 2. The molecule has 0 radical (unpaired) electrons. The summed E-state index contributed by atoms with van der Waals surface area (Å²) in [4.78, 5) is 12.3. The van der Waals surface area contributed by atoms with Crippen molar-refractivity contribution >= 4 is 37.3 Å². The molecule has 3 aromatic rings. The molecule has 0 bridgehead atoms. The Morgan fingerprint density at radius 1 is 1.03 bits per heavy atom. The lowest BCUT2D eigenvalue weighted by Crippen LogP contribution is -2.23. The van der Waals surface area contributed by atoms with E-state index in [4.69, 9.17) is 0 Å². The van der Waals surface area contributed by atoms with Crippen LogP contribution in [0.4, 0.5) is 4.39 Å². The van der Waals surface area contributed by atoms with Crippen molar-refractivity contribution in [2.45, 2.75) is 43.4 Å². The summed E-state index contributed by atoms with van der Waals surface area (Å²) in [5, 5.41) is 3.82. The van der Waals surface area contributed by atoms with Gasteiger partial charge in [-0.2, -0.15) is 5.10 Å². The van der Waals surface area contributed by atoms with Crippen molar-refractivity contribution in [2.75, 3.05) is 11.5 Å². The highest BCUT2D eigenvalue weighted by atomic mass is 32.2. The molecule has 0 saturated carbocycles. The molecule has 34 heavy (non-hydrogen) atoms. The number of amides is 1. The number of hydrogen-bond acceptors (Lipinski definition) is 6. The van der Waals surface area contributed by atoms with E-state index in [9.17, 15) is 26.0 Å². The first-order valence-electron chi connectivity index (χ1n) is 10.7. The van der Waals surface area contributed by atoms with Crippen LogP contribution in [0.3, 0.4) is 0 Å². The number of pyridine rings is 1. The zero-order valence-corrected chi connectivity index (χ0v) is 20.7. The Bertz CT molecular complexity index is 1480. The predicted octanol–water partition coefficient (Wildman–Crippen LogP) is 3.52. The van der Waals surface area contributed by atoms with Crippen molar-refractivity contribution in [3.8, 4) is 0 Å². The lowest BCUT2D eigenvalue weighted by atomic mass is 10.2. The summed E-state index contributed by atoms with van der Waals surface area (Å²) >= 11 is 0. The molecule has 0 aliphatic heterocycles. The molecule has 1 amide bonds. The summed E-state index contributed by atoms with van der Waals surface area (Å²) in [7, 11) is -8.17. The van der Waals surface area contributed by atoms with Crippen LogP contribution in [-0.4, -0.2) is 44.9 Å². The monoisotopic (exact) mass is 507 g/mol. The lowest BCUT2D eigenvalue weighted by molar-refractivity contribution is 0.0945. The molecule has 2 aromatic heterocycles. The van der Waals surface area contributed by atoms with Crippen LogP contribution in [0.1, 0.15) is 48.3 Å². The van der Waals surface area contributed by atoms with Gasteiger partial charge in [-0.3, -0.25) is 4.79 Å². The Morgan fingerprint density at radius 2 is 1.68 bits per heavy atom. The number of carbonyl (C=O) groups is 1.